The van der Waals surface area contributed by atoms with E-state index in [1.54, 1.807) is 19.1 Å². The Hall–Kier alpha value is -2.54. The summed E-state index contributed by atoms with van der Waals surface area (Å²) in [7, 11) is -3.27. The lowest BCUT2D eigenvalue weighted by molar-refractivity contribution is 0.0943. The van der Waals surface area contributed by atoms with Gasteiger partial charge >= 0.3 is 0 Å². The van der Waals surface area contributed by atoms with Crippen LogP contribution in [0.5, 0.6) is 11.5 Å². The van der Waals surface area contributed by atoms with Gasteiger partial charge in [-0.05, 0) is 54.8 Å². The topological polar surface area (TPSA) is 81.7 Å². The number of amides is 1. The van der Waals surface area contributed by atoms with Crippen molar-refractivity contribution in [1.29, 1.82) is 0 Å². The number of ether oxygens (including phenoxy) is 2. The molecule has 0 aromatic heterocycles. The zero-order valence-electron chi connectivity index (χ0n) is 17.1. The lowest BCUT2D eigenvalue weighted by atomic mass is 9.78. The Morgan fingerprint density at radius 2 is 1.67 bits per heavy atom. The smallest absolute Gasteiger partial charge is 0.251 e. The van der Waals surface area contributed by atoms with E-state index in [1.807, 2.05) is 6.07 Å². The normalized spacial score (nSPS) is 17.5. The van der Waals surface area contributed by atoms with Gasteiger partial charge in [-0.25, -0.2) is 8.42 Å². The molecule has 1 heterocycles. The number of nitrogens with one attached hydrogen (secondary N) is 1. The van der Waals surface area contributed by atoms with Crippen molar-refractivity contribution < 1.29 is 22.7 Å². The first-order valence-corrected chi connectivity index (χ1v) is 12.1. The molecule has 0 bridgehead atoms. The van der Waals surface area contributed by atoms with Crippen molar-refractivity contribution in [3.63, 3.8) is 0 Å². The monoisotopic (exact) mass is 429 g/mol. The van der Waals surface area contributed by atoms with E-state index in [0.29, 0.717) is 25.3 Å². The molecule has 1 N–H and O–H groups in total. The van der Waals surface area contributed by atoms with E-state index < -0.39 is 9.84 Å². The number of carbonyl (C=O) groups is 1. The second-order valence-corrected chi connectivity index (χ2v) is 10.2. The molecule has 30 heavy (non-hydrogen) atoms. The molecular weight excluding hydrogens is 402 g/mol. The molecule has 2 aromatic carbocycles. The Balaban J connectivity index is 1.50. The molecule has 1 fully saturated rings. The van der Waals surface area contributed by atoms with Crippen molar-refractivity contribution >= 4 is 15.7 Å². The molecule has 0 atom stereocenters. The van der Waals surface area contributed by atoms with Gasteiger partial charge in [-0.2, -0.15) is 0 Å². The minimum absolute atomic E-state index is 0.0383. The molecule has 6 nitrogen and oxygen atoms in total. The number of fused-ring (bicyclic) bond motifs is 1. The Bertz CT molecular complexity index is 1020. The van der Waals surface area contributed by atoms with E-state index in [2.05, 4.69) is 17.4 Å². The number of hydrogen-bond donors (Lipinski definition) is 1. The van der Waals surface area contributed by atoms with Crippen LogP contribution in [0.2, 0.25) is 0 Å². The van der Waals surface area contributed by atoms with Crippen molar-refractivity contribution in [2.24, 2.45) is 0 Å². The third-order valence-electron chi connectivity index (χ3n) is 6.16. The van der Waals surface area contributed by atoms with Gasteiger partial charge in [0.2, 0.25) is 0 Å². The van der Waals surface area contributed by atoms with Gasteiger partial charge in [-0.3, -0.25) is 4.79 Å². The largest absolute Gasteiger partial charge is 0.486 e. The second kappa shape index (κ2) is 8.30. The predicted octanol–water partition coefficient (Wildman–Crippen LogP) is 3.49. The Morgan fingerprint density at radius 1 is 1.00 bits per heavy atom. The summed E-state index contributed by atoms with van der Waals surface area (Å²) in [5.41, 5.74) is 1.49. The van der Waals surface area contributed by atoms with Crippen LogP contribution in [-0.2, 0) is 15.3 Å². The number of benzene rings is 2. The second-order valence-electron chi connectivity index (χ2n) is 7.96. The van der Waals surface area contributed by atoms with Crippen LogP contribution in [0.1, 0.15) is 48.5 Å². The molecular formula is C23H27NO5S. The maximum absolute atomic E-state index is 12.7. The molecule has 1 aliphatic heterocycles. The SMILES string of the molecule is CCS(=O)(=O)c1ccc(C(=O)NCC2(c3ccc4c(c3)OCCO4)CCCC2)cc1. The zero-order chi connectivity index (χ0) is 21.2. The van der Waals surface area contributed by atoms with Crippen molar-refractivity contribution in [3.05, 3.63) is 53.6 Å². The molecule has 2 aliphatic rings. The van der Waals surface area contributed by atoms with E-state index in [-0.39, 0.29) is 22.0 Å². The average Bonchev–Trinajstić information content (AvgIpc) is 3.27. The van der Waals surface area contributed by atoms with Crippen LogP contribution in [-0.4, -0.2) is 39.8 Å². The molecule has 0 saturated heterocycles. The summed E-state index contributed by atoms with van der Waals surface area (Å²) >= 11 is 0. The summed E-state index contributed by atoms with van der Waals surface area (Å²) in [4.78, 5) is 13.0. The van der Waals surface area contributed by atoms with Crippen molar-refractivity contribution in [2.45, 2.75) is 42.9 Å². The van der Waals surface area contributed by atoms with Crippen LogP contribution in [0.3, 0.4) is 0 Å². The third-order valence-corrected chi connectivity index (χ3v) is 7.91. The third kappa shape index (κ3) is 4.03. The van der Waals surface area contributed by atoms with E-state index in [4.69, 9.17) is 9.47 Å². The number of sulfone groups is 1. The summed E-state index contributed by atoms with van der Waals surface area (Å²) in [5.74, 6) is 1.38. The van der Waals surface area contributed by atoms with Crippen molar-refractivity contribution in [1.82, 2.24) is 5.32 Å². The van der Waals surface area contributed by atoms with Crippen LogP contribution >= 0.6 is 0 Å². The molecule has 0 radical (unpaired) electrons. The van der Waals surface area contributed by atoms with Crippen LogP contribution < -0.4 is 14.8 Å². The fourth-order valence-corrected chi connectivity index (χ4v) is 5.21. The molecule has 160 valence electrons. The summed E-state index contributed by atoms with van der Waals surface area (Å²) in [6, 6.07) is 12.2. The highest BCUT2D eigenvalue weighted by Crippen LogP contribution is 2.43. The van der Waals surface area contributed by atoms with Gasteiger partial charge in [0.25, 0.3) is 5.91 Å². The van der Waals surface area contributed by atoms with Gasteiger partial charge < -0.3 is 14.8 Å². The van der Waals surface area contributed by atoms with E-state index in [1.165, 1.54) is 12.1 Å². The fourth-order valence-electron chi connectivity index (χ4n) is 4.32. The quantitative estimate of drug-likeness (QED) is 0.760. The fraction of sp³-hybridized carbons (Fsp3) is 0.435. The first kappa shape index (κ1) is 20.7. The molecule has 7 heteroatoms. The zero-order valence-corrected chi connectivity index (χ0v) is 18.0. The maximum Gasteiger partial charge on any atom is 0.251 e. The van der Waals surface area contributed by atoms with Gasteiger partial charge in [0.05, 0.1) is 10.6 Å². The lowest BCUT2D eigenvalue weighted by Gasteiger charge is -2.31. The molecule has 4 rings (SSSR count). The van der Waals surface area contributed by atoms with Crippen LogP contribution in [0.25, 0.3) is 0 Å². The molecule has 0 spiro atoms. The minimum Gasteiger partial charge on any atom is -0.486 e. The number of carbonyl (C=O) groups excluding carboxylic acids is 1. The van der Waals surface area contributed by atoms with E-state index in [0.717, 1.165) is 42.7 Å². The molecule has 2 aromatic rings. The van der Waals surface area contributed by atoms with Gasteiger partial charge in [0.1, 0.15) is 13.2 Å². The van der Waals surface area contributed by atoms with Crippen LogP contribution in [0.4, 0.5) is 0 Å². The van der Waals surface area contributed by atoms with E-state index in [9.17, 15) is 13.2 Å². The van der Waals surface area contributed by atoms with Crippen molar-refractivity contribution in [3.8, 4) is 11.5 Å². The first-order valence-electron chi connectivity index (χ1n) is 10.4. The Morgan fingerprint density at radius 3 is 2.33 bits per heavy atom. The summed E-state index contributed by atoms with van der Waals surface area (Å²) in [6.45, 7) is 3.24. The first-order chi connectivity index (χ1) is 14.4. The highest BCUT2D eigenvalue weighted by Gasteiger charge is 2.37. The number of hydrogen-bond acceptors (Lipinski definition) is 5. The van der Waals surface area contributed by atoms with Gasteiger partial charge in [-0.1, -0.05) is 25.8 Å². The highest BCUT2D eigenvalue weighted by atomic mass is 32.2. The van der Waals surface area contributed by atoms with Crippen molar-refractivity contribution in [2.75, 3.05) is 25.5 Å². The van der Waals surface area contributed by atoms with Gasteiger partial charge in [0.15, 0.2) is 21.3 Å². The van der Waals surface area contributed by atoms with E-state index >= 15 is 0 Å². The Kier molecular flexibility index (Phi) is 5.73. The molecule has 0 unspecified atom stereocenters. The van der Waals surface area contributed by atoms with Gasteiger partial charge in [0, 0.05) is 17.5 Å². The van der Waals surface area contributed by atoms with Gasteiger partial charge in [-0.15, -0.1) is 0 Å². The standard InChI is InChI=1S/C23H27NO5S/c1-2-30(26,27)19-8-5-17(6-9-19)22(25)24-16-23(11-3-4-12-23)18-7-10-20-21(15-18)29-14-13-28-20/h5-10,15H,2-4,11-14,16H2,1H3,(H,24,25). The van der Waals surface area contributed by atoms with Crippen LogP contribution in [0.15, 0.2) is 47.4 Å². The minimum atomic E-state index is -3.27. The highest BCUT2D eigenvalue weighted by molar-refractivity contribution is 7.91. The number of rotatable bonds is 6. The lowest BCUT2D eigenvalue weighted by Crippen LogP contribution is -2.39. The molecule has 1 aliphatic carbocycles. The summed E-state index contributed by atoms with van der Waals surface area (Å²) in [6.07, 6.45) is 4.24. The summed E-state index contributed by atoms with van der Waals surface area (Å²) in [5, 5.41) is 3.07. The van der Waals surface area contributed by atoms with Crippen LogP contribution in [0, 0.1) is 0 Å². The molecule has 1 saturated carbocycles. The maximum atomic E-state index is 12.7. The average molecular weight is 430 g/mol. The Labute approximate surface area is 177 Å². The molecule has 1 amide bonds. The predicted molar refractivity (Wildman–Crippen MR) is 114 cm³/mol. The summed E-state index contributed by atoms with van der Waals surface area (Å²) < 4.78 is 35.3.